The van der Waals surface area contributed by atoms with Crippen molar-refractivity contribution in [2.45, 2.75) is 32.2 Å². The molecule has 2 aromatic carbocycles. The van der Waals surface area contributed by atoms with Crippen molar-refractivity contribution >= 4 is 17.5 Å². The van der Waals surface area contributed by atoms with Gasteiger partial charge in [-0.2, -0.15) is 0 Å². The van der Waals surface area contributed by atoms with Crippen LogP contribution in [0.2, 0.25) is 0 Å². The van der Waals surface area contributed by atoms with Crippen LogP contribution in [-0.4, -0.2) is 11.8 Å². The molecule has 0 aliphatic heterocycles. The number of halogens is 2. The lowest BCUT2D eigenvalue weighted by molar-refractivity contribution is -0.128. The molecule has 0 aromatic heterocycles. The summed E-state index contributed by atoms with van der Waals surface area (Å²) >= 11 is 0. The van der Waals surface area contributed by atoms with Crippen molar-refractivity contribution in [3.63, 3.8) is 0 Å². The van der Waals surface area contributed by atoms with E-state index in [0.29, 0.717) is 37.9 Å². The first-order valence-corrected chi connectivity index (χ1v) is 9.10. The summed E-state index contributed by atoms with van der Waals surface area (Å²) < 4.78 is 25.8. The Hall–Kier alpha value is -2.76. The maximum absolute atomic E-state index is 12.9. The third-order valence-electron chi connectivity index (χ3n) is 4.96. The van der Waals surface area contributed by atoms with Crippen molar-refractivity contribution in [1.82, 2.24) is 5.32 Å². The Labute approximate surface area is 157 Å². The zero-order valence-corrected chi connectivity index (χ0v) is 14.9. The van der Waals surface area contributed by atoms with Crippen LogP contribution in [0.4, 0.5) is 14.5 Å². The van der Waals surface area contributed by atoms with Crippen molar-refractivity contribution < 1.29 is 18.4 Å². The molecule has 27 heavy (non-hydrogen) atoms. The summed E-state index contributed by atoms with van der Waals surface area (Å²) in [5, 5.41) is 5.68. The molecule has 2 aromatic rings. The fraction of sp³-hybridized carbons (Fsp3) is 0.333. The minimum atomic E-state index is -0.347. The van der Waals surface area contributed by atoms with Crippen LogP contribution in [0.1, 0.15) is 31.2 Å². The van der Waals surface area contributed by atoms with E-state index in [0.717, 1.165) is 5.56 Å². The average molecular weight is 372 g/mol. The van der Waals surface area contributed by atoms with Gasteiger partial charge in [-0.15, -0.1) is 0 Å². The molecule has 142 valence electrons. The minimum Gasteiger partial charge on any atom is -0.352 e. The summed E-state index contributed by atoms with van der Waals surface area (Å²) in [7, 11) is 0. The zero-order chi connectivity index (χ0) is 19.2. The summed E-state index contributed by atoms with van der Waals surface area (Å²) in [6.07, 6.45) is 2.58. The van der Waals surface area contributed by atoms with Gasteiger partial charge in [0.15, 0.2) is 0 Å². The molecule has 0 atom stereocenters. The standard InChI is InChI=1S/C21H22F2N2O2/c22-17-7-1-14(2-8-17)13-24-20(26)15-3-5-16(6-4-15)21(27)25-19-11-9-18(23)10-12-19/h1-2,7-12,15-16H,3-6,13H2,(H,24,26)(H,25,27). The van der Waals surface area contributed by atoms with Gasteiger partial charge in [-0.3, -0.25) is 9.59 Å². The van der Waals surface area contributed by atoms with Gasteiger partial charge in [0.2, 0.25) is 11.8 Å². The molecular weight excluding hydrogens is 350 g/mol. The van der Waals surface area contributed by atoms with Crippen molar-refractivity contribution in [2.75, 3.05) is 5.32 Å². The van der Waals surface area contributed by atoms with Gasteiger partial charge < -0.3 is 10.6 Å². The SMILES string of the molecule is O=C(NCc1ccc(F)cc1)C1CCC(C(=O)Nc2ccc(F)cc2)CC1. The molecule has 0 bridgehead atoms. The second-order valence-electron chi connectivity index (χ2n) is 6.89. The maximum atomic E-state index is 12.9. The quantitative estimate of drug-likeness (QED) is 0.833. The highest BCUT2D eigenvalue weighted by Crippen LogP contribution is 2.30. The minimum absolute atomic E-state index is 0.0308. The van der Waals surface area contributed by atoms with Crippen LogP contribution in [0, 0.1) is 23.5 Å². The smallest absolute Gasteiger partial charge is 0.227 e. The van der Waals surface area contributed by atoms with E-state index in [4.69, 9.17) is 0 Å². The van der Waals surface area contributed by atoms with E-state index in [9.17, 15) is 18.4 Å². The van der Waals surface area contributed by atoms with Crippen LogP contribution < -0.4 is 10.6 Å². The molecule has 2 amide bonds. The molecule has 4 nitrogen and oxygen atoms in total. The molecule has 1 saturated carbocycles. The summed E-state index contributed by atoms with van der Waals surface area (Å²) in [5.74, 6) is -1.03. The number of hydrogen-bond donors (Lipinski definition) is 2. The van der Waals surface area contributed by atoms with E-state index in [-0.39, 0.29) is 35.3 Å². The van der Waals surface area contributed by atoms with Crippen LogP contribution in [0.15, 0.2) is 48.5 Å². The topological polar surface area (TPSA) is 58.2 Å². The number of amides is 2. The van der Waals surface area contributed by atoms with E-state index >= 15 is 0 Å². The molecular formula is C21H22F2N2O2. The van der Waals surface area contributed by atoms with E-state index < -0.39 is 0 Å². The van der Waals surface area contributed by atoms with Crippen LogP contribution >= 0.6 is 0 Å². The average Bonchev–Trinajstić information content (AvgIpc) is 2.69. The summed E-state index contributed by atoms with van der Waals surface area (Å²) in [4.78, 5) is 24.6. The van der Waals surface area contributed by atoms with Gasteiger partial charge >= 0.3 is 0 Å². The second kappa shape index (κ2) is 8.75. The number of rotatable bonds is 5. The van der Waals surface area contributed by atoms with E-state index in [1.807, 2.05) is 0 Å². The molecule has 1 aliphatic rings. The number of anilines is 1. The molecule has 1 aliphatic carbocycles. The first-order valence-electron chi connectivity index (χ1n) is 9.10. The van der Waals surface area contributed by atoms with Gasteiger partial charge in [0, 0.05) is 24.1 Å². The molecule has 0 spiro atoms. The molecule has 0 unspecified atom stereocenters. The number of hydrogen-bond acceptors (Lipinski definition) is 2. The van der Waals surface area contributed by atoms with Crippen LogP contribution in [0.25, 0.3) is 0 Å². The Balaban J connectivity index is 1.43. The molecule has 0 saturated heterocycles. The van der Waals surface area contributed by atoms with Crippen molar-refractivity contribution in [1.29, 1.82) is 0 Å². The first kappa shape index (κ1) is 19.0. The van der Waals surface area contributed by atoms with Crippen LogP contribution in [0.5, 0.6) is 0 Å². The van der Waals surface area contributed by atoms with Gasteiger partial charge in [-0.05, 0) is 67.6 Å². The monoisotopic (exact) mass is 372 g/mol. The van der Waals surface area contributed by atoms with Crippen LogP contribution in [0.3, 0.4) is 0 Å². The Morgan fingerprint density at radius 1 is 0.778 bits per heavy atom. The predicted molar refractivity (Wildman–Crippen MR) is 98.7 cm³/mol. The van der Waals surface area contributed by atoms with E-state index in [2.05, 4.69) is 10.6 Å². The fourth-order valence-corrected chi connectivity index (χ4v) is 3.33. The Kier molecular flexibility index (Phi) is 6.16. The van der Waals surface area contributed by atoms with E-state index in [1.54, 1.807) is 12.1 Å². The largest absolute Gasteiger partial charge is 0.352 e. The van der Waals surface area contributed by atoms with Crippen molar-refractivity contribution in [3.05, 3.63) is 65.7 Å². The highest BCUT2D eigenvalue weighted by molar-refractivity contribution is 5.92. The number of benzene rings is 2. The Morgan fingerprint density at radius 2 is 1.26 bits per heavy atom. The highest BCUT2D eigenvalue weighted by atomic mass is 19.1. The van der Waals surface area contributed by atoms with Gasteiger partial charge in [0.25, 0.3) is 0 Å². The van der Waals surface area contributed by atoms with E-state index in [1.165, 1.54) is 36.4 Å². The number of nitrogens with one attached hydrogen (secondary N) is 2. The van der Waals surface area contributed by atoms with Gasteiger partial charge in [-0.25, -0.2) is 8.78 Å². The predicted octanol–water partition coefficient (Wildman–Crippen LogP) is 4.03. The van der Waals surface area contributed by atoms with Crippen molar-refractivity contribution in [2.24, 2.45) is 11.8 Å². The summed E-state index contributed by atoms with van der Waals surface area (Å²) in [6, 6.07) is 11.7. The van der Waals surface area contributed by atoms with Gasteiger partial charge in [0.05, 0.1) is 0 Å². The third kappa shape index (κ3) is 5.36. The Morgan fingerprint density at radius 3 is 1.81 bits per heavy atom. The highest BCUT2D eigenvalue weighted by Gasteiger charge is 2.29. The number of carbonyl (C=O) groups excluding carboxylic acids is 2. The summed E-state index contributed by atoms with van der Waals surface area (Å²) in [5.41, 5.74) is 1.41. The summed E-state index contributed by atoms with van der Waals surface area (Å²) in [6.45, 7) is 0.365. The maximum Gasteiger partial charge on any atom is 0.227 e. The molecule has 2 N–H and O–H groups in total. The normalized spacial score (nSPS) is 19.3. The lowest BCUT2D eigenvalue weighted by Crippen LogP contribution is -2.35. The molecule has 6 heteroatoms. The molecule has 1 fully saturated rings. The Bertz CT molecular complexity index is 783. The van der Waals surface area contributed by atoms with Crippen LogP contribution in [-0.2, 0) is 16.1 Å². The third-order valence-corrected chi connectivity index (χ3v) is 4.96. The first-order chi connectivity index (χ1) is 13.0. The lowest BCUT2D eigenvalue weighted by Gasteiger charge is -2.27. The zero-order valence-electron chi connectivity index (χ0n) is 14.9. The van der Waals surface area contributed by atoms with Crippen molar-refractivity contribution in [3.8, 4) is 0 Å². The fourth-order valence-electron chi connectivity index (χ4n) is 3.33. The van der Waals surface area contributed by atoms with Gasteiger partial charge in [0.1, 0.15) is 11.6 Å². The molecule has 3 rings (SSSR count). The number of carbonyl (C=O) groups is 2. The van der Waals surface area contributed by atoms with Gasteiger partial charge in [-0.1, -0.05) is 12.1 Å². The molecule has 0 radical (unpaired) electrons. The molecule has 0 heterocycles. The second-order valence-corrected chi connectivity index (χ2v) is 6.89. The lowest BCUT2D eigenvalue weighted by atomic mass is 9.81.